The first kappa shape index (κ1) is 16.1. The minimum atomic E-state index is -0.428. The van der Waals surface area contributed by atoms with E-state index in [0.29, 0.717) is 29.4 Å². The fourth-order valence-electron chi connectivity index (χ4n) is 2.19. The van der Waals surface area contributed by atoms with Gasteiger partial charge in [0.2, 0.25) is 11.7 Å². The molecule has 3 aromatic rings. The zero-order valence-corrected chi connectivity index (χ0v) is 13.7. The van der Waals surface area contributed by atoms with Crippen molar-refractivity contribution in [2.75, 3.05) is 0 Å². The maximum atomic E-state index is 11.1. The van der Waals surface area contributed by atoms with Crippen LogP contribution in [-0.2, 0) is 12.3 Å². The first-order valence-electron chi connectivity index (χ1n) is 7.28. The van der Waals surface area contributed by atoms with Crippen molar-refractivity contribution < 1.29 is 9.21 Å². The number of thioether (sulfide) groups is 1. The average molecular weight is 340 g/mol. The minimum absolute atomic E-state index is 0.428. The summed E-state index contributed by atoms with van der Waals surface area (Å²) in [6.45, 7) is 4.37. The van der Waals surface area contributed by atoms with Crippen molar-refractivity contribution in [2.24, 2.45) is 5.73 Å². The number of nitrogens with two attached hydrogens (primary N) is 1. The van der Waals surface area contributed by atoms with Gasteiger partial charge in [-0.2, -0.15) is 0 Å². The van der Waals surface area contributed by atoms with Crippen LogP contribution in [0.25, 0.3) is 11.6 Å². The maximum absolute atomic E-state index is 11.1. The summed E-state index contributed by atoms with van der Waals surface area (Å²) < 4.78 is 7.36. The van der Waals surface area contributed by atoms with Crippen molar-refractivity contribution in [1.82, 2.24) is 14.8 Å². The molecule has 2 heterocycles. The van der Waals surface area contributed by atoms with Crippen LogP contribution < -0.4 is 5.73 Å². The lowest BCUT2D eigenvalue weighted by atomic mass is 10.1. The van der Waals surface area contributed by atoms with Crippen molar-refractivity contribution in [1.29, 1.82) is 0 Å². The predicted octanol–water partition coefficient (Wildman–Crippen LogP) is 3.12. The van der Waals surface area contributed by atoms with Crippen molar-refractivity contribution in [3.05, 3.63) is 66.4 Å². The molecule has 0 radical (unpaired) electrons. The number of primary amides is 1. The third-order valence-corrected chi connectivity index (χ3v) is 4.41. The van der Waals surface area contributed by atoms with E-state index in [-0.39, 0.29) is 0 Å². The second-order valence-corrected chi connectivity index (χ2v) is 5.98. The van der Waals surface area contributed by atoms with Gasteiger partial charge in [0.05, 0.1) is 6.26 Å². The first-order chi connectivity index (χ1) is 11.7. The average Bonchev–Trinajstić information content (AvgIpc) is 3.23. The zero-order chi connectivity index (χ0) is 16.9. The van der Waals surface area contributed by atoms with E-state index in [0.717, 1.165) is 10.7 Å². The number of furan rings is 1. The molecule has 0 aliphatic heterocycles. The lowest BCUT2D eigenvalue weighted by Gasteiger charge is -2.06. The fourth-order valence-corrected chi connectivity index (χ4v) is 3.09. The summed E-state index contributed by atoms with van der Waals surface area (Å²) in [4.78, 5) is 11.1. The van der Waals surface area contributed by atoms with Crippen molar-refractivity contribution in [2.45, 2.75) is 17.5 Å². The Morgan fingerprint density at radius 2 is 2.08 bits per heavy atom. The maximum Gasteiger partial charge on any atom is 0.248 e. The van der Waals surface area contributed by atoms with E-state index in [9.17, 15) is 4.79 Å². The minimum Gasteiger partial charge on any atom is -0.461 e. The van der Waals surface area contributed by atoms with Gasteiger partial charge in [0.25, 0.3) is 0 Å². The standard InChI is InChI=1S/C17H16N4O2S/c1-2-9-21-16(14-4-3-10-23-14)19-20-17(21)24-11-12-5-7-13(8-6-12)15(18)22/h2-8,10H,1,9,11H2,(H2,18,22). The highest BCUT2D eigenvalue weighted by Gasteiger charge is 2.15. The Morgan fingerprint density at radius 1 is 1.29 bits per heavy atom. The molecule has 6 nitrogen and oxygen atoms in total. The topological polar surface area (TPSA) is 86.9 Å². The quantitative estimate of drug-likeness (QED) is 0.527. The molecule has 0 saturated heterocycles. The Bertz CT molecular complexity index is 838. The molecule has 0 spiro atoms. The Labute approximate surface area is 143 Å². The second kappa shape index (κ2) is 7.18. The van der Waals surface area contributed by atoms with Gasteiger partial charge < -0.3 is 10.2 Å². The van der Waals surface area contributed by atoms with E-state index in [1.54, 1.807) is 36.2 Å². The van der Waals surface area contributed by atoms with Gasteiger partial charge in [-0.05, 0) is 29.8 Å². The van der Waals surface area contributed by atoms with Gasteiger partial charge in [0.15, 0.2) is 10.9 Å². The predicted molar refractivity (Wildman–Crippen MR) is 92.4 cm³/mol. The van der Waals surface area contributed by atoms with E-state index in [2.05, 4.69) is 16.8 Å². The van der Waals surface area contributed by atoms with E-state index >= 15 is 0 Å². The van der Waals surface area contributed by atoms with Crippen molar-refractivity contribution in [3.63, 3.8) is 0 Å². The number of hydrogen-bond donors (Lipinski definition) is 1. The van der Waals surface area contributed by atoms with Crippen LogP contribution in [-0.4, -0.2) is 20.7 Å². The molecule has 0 atom stereocenters. The number of carbonyl (C=O) groups excluding carboxylic acids is 1. The van der Waals surface area contributed by atoms with Gasteiger partial charge in [-0.1, -0.05) is 30.0 Å². The number of carbonyl (C=O) groups is 1. The second-order valence-electron chi connectivity index (χ2n) is 5.03. The Kier molecular flexibility index (Phi) is 4.81. The molecular weight excluding hydrogens is 324 g/mol. The van der Waals surface area contributed by atoms with Crippen LogP contribution in [0.15, 0.2) is 64.9 Å². The number of aromatic nitrogens is 3. The van der Waals surface area contributed by atoms with E-state index in [4.69, 9.17) is 10.2 Å². The van der Waals surface area contributed by atoms with Gasteiger partial charge >= 0.3 is 0 Å². The molecule has 2 aromatic heterocycles. The summed E-state index contributed by atoms with van der Waals surface area (Å²) in [6.07, 6.45) is 3.40. The molecule has 0 bridgehead atoms. The summed E-state index contributed by atoms with van der Waals surface area (Å²) in [6, 6.07) is 10.9. The molecular formula is C17H16N4O2S. The van der Waals surface area contributed by atoms with Gasteiger partial charge in [-0.15, -0.1) is 16.8 Å². The Morgan fingerprint density at radius 3 is 2.71 bits per heavy atom. The van der Waals surface area contributed by atoms with E-state index in [1.165, 1.54) is 0 Å². The van der Waals surface area contributed by atoms with Gasteiger partial charge in [-0.25, -0.2) is 0 Å². The van der Waals surface area contributed by atoms with Crippen LogP contribution in [0.3, 0.4) is 0 Å². The van der Waals surface area contributed by atoms with Gasteiger partial charge in [0, 0.05) is 17.9 Å². The largest absolute Gasteiger partial charge is 0.461 e. The van der Waals surface area contributed by atoms with Crippen LogP contribution >= 0.6 is 11.8 Å². The number of allylic oxidation sites excluding steroid dienone is 1. The van der Waals surface area contributed by atoms with Gasteiger partial charge in [0.1, 0.15) is 0 Å². The van der Waals surface area contributed by atoms with Crippen LogP contribution in [0.2, 0.25) is 0 Å². The van der Waals surface area contributed by atoms with E-state index < -0.39 is 5.91 Å². The number of hydrogen-bond acceptors (Lipinski definition) is 5. The highest BCUT2D eigenvalue weighted by molar-refractivity contribution is 7.98. The molecule has 24 heavy (non-hydrogen) atoms. The lowest BCUT2D eigenvalue weighted by Crippen LogP contribution is -2.10. The molecule has 0 saturated carbocycles. The summed E-state index contributed by atoms with van der Waals surface area (Å²) in [5, 5.41) is 9.24. The molecule has 2 N–H and O–H groups in total. The third-order valence-electron chi connectivity index (χ3n) is 3.38. The molecule has 1 aromatic carbocycles. The molecule has 0 unspecified atom stereocenters. The highest BCUT2D eigenvalue weighted by Crippen LogP contribution is 2.26. The normalized spacial score (nSPS) is 10.7. The van der Waals surface area contributed by atoms with Crippen molar-refractivity contribution >= 4 is 17.7 Å². The van der Waals surface area contributed by atoms with Crippen molar-refractivity contribution in [3.8, 4) is 11.6 Å². The molecule has 0 aliphatic rings. The number of benzene rings is 1. The number of nitrogens with zero attached hydrogens (tertiary/aromatic N) is 3. The molecule has 1 amide bonds. The highest BCUT2D eigenvalue weighted by atomic mass is 32.2. The van der Waals surface area contributed by atoms with Crippen LogP contribution in [0.4, 0.5) is 0 Å². The fraction of sp³-hybridized carbons (Fsp3) is 0.118. The first-order valence-corrected chi connectivity index (χ1v) is 8.27. The van der Waals surface area contributed by atoms with Gasteiger partial charge in [-0.3, -0.25) is 9.36 Å². The number of rotatable bonds is 7. The Hall–Kier alpha value is -2.80. The molecule has 7 heteroatoms. The Balaban J connectivity index is 1.77. The monoisotopic (exact) mass is 340 g/mol. The SMILES string of the molecule is C=CCn1c(SCc2ccc(C(N)=O)cc2)nnc1-c1ccco1. The van der Waals surface area contributed by atoms with E-state index in [1.807, 2.05) is 28.8 Å². The third kappa shape index (κ3) is 3.41. The van der Waals surface area contributed by atoms with Crippen LogP contribution in [0.5, 0.6) is 0 Å². The summed E-state index contributed by atoms with van der Waals surface area (Å²) in [5.74, 6) is 1.61. The summed E-state index contributed by atoms with van der Waals surface area (Å²) in [7, 11) is 0. The summed E-state index contributed by atoms with van der Waals surface area (Å²) in [5.41, 5.74) is 6.81. The zero-order valence-electron chi connectivity index (χ0n) is 12.9. The van der Waals surface area contributed by atoms with Crippen LogP contribution in [0, 0.1) is 0 Å². The van der Waals surface area contributed by atoms with Crippen LogP contribution in [0.1, 0.15) is 15.9 Å². The molecule has 0 fully saturated rings. The molecule has 3 rings (SSSR count). The molecule has 0 aliphatic carbocycles. The molecule has 122 valence electrons. The number of amides is 1. The lowest BCUT2D eigenvalue weighted by molar-refractivity contribution is 0.100. The summed E-state index contributed by atoms with van der Waals surface area (Å²) >= 11 is 1.56. The smallest absolute Gasteiger partial charge is 0.248 e.